The third-order valence-corrected chi connectivity index (χ3v) is 4.31. The highest BCUT2D eigenvalue weighted by molar-refractivity contribution is 5.47. The van der Waals surface area contributed by atoms with Crippen LogP contribution in [0.1, 0.15) is 25.4 Å². The van der Waals surface area contributed by atoms with Crippen molar-refractivity contribution in [2.24, 2.45) is 0 Å². The molecule has 2 aromatic rings. The Bertz CT molecular complexity index is 767. The van der Waals surface area contributed by atoms with E-state index in [0.29, 0.717) is 18.1 Å². The molecule has 1 saturated heterocycles. The van der Waals surface area contributed by atoms with E-state index in [1.54, 1.807) is 13.0 Å². The summed E-state index contributed by atoms with van der Waals surface area (Å²) in [4.78, 5) is 11.7. The van der Waals surface area contributed by atoms with E-state index in [1.165, 1.54) is 0 Å². The topological polar surface area (TPSA) is 58.8 Å². The Hall–Kier alpha value is -1.94. The molecule has 0 spiro atoms. The maximum Gasteiger partial charge on any atom is 0.453 e. The van der Waals surface area contributed by atoms with Crippen LogP contribution in [0.25, 0.3) is 5.78 Å². The second-order valence-electron chi connectivity index (χ2n) is 6.84. The molecule has 0 aromatic carbocycles. The average molecular weight is 372 g/mol. The van der Waals surface area contributed by atoms with Gasteiger partial charge in [0, 0.05) is 45.0 Å². The van der Waals surface area contributed by atoms with Crippen LogP contribution >= 0.6 is 0 Å². The fraction of sp³-hybridized carbons (Fsp3) is 0.688. The van der Waals surface area contributed by atoms with Crippen molar-refractivity contribution in [3.8, 4) is 0 Å². The highest BCUT2D eigenvalue weighted by atomic mass is 19.4. The van der Waals surface area contributed by atoms with Gasteiger partial charge in [-0.3, -0.25) is 4.90 Å². The fourth-order valence-electron chi connectivity index (χ4n) is 3.23. The molecule has 144 valence electrons. The molecule has 2 aromatic heterocycles. The number of hydrogen-bond acceptors (Lipinski definition) is 6. The van der Waals surface area contributed by atoms with Crippen LogP contribution in [0.2, 0.25) is 0 Å². The lowest BCUT2D eigenvalue weighted by Crippen LogP contribution is -2.47. The van der Waals surface area contributed by atoms with Gasteiger partial charge in [-0.2, -0.15) is 22.7 Å². The molecule has 7 nitrogen and oxygen atoms in total. The van der Waals surface area contributed by atoms with Crippen molar-refractivity contribution in [2.75, 3.05) is 38.1 Å². The van der Waals surface area contributed by atoms with Crippen molar-refractivity contribution in [3.05, 3.63) is 17.6 Å². The van der Waals surface area contributed by atoms with E-state index >= 15 is 0 Å². The minimum atomic E-state index is -4.60. The zero-order valence-electron chi connectivity index (χ0n) is 15.3. The lowest BCUT2D eigenvalue weighted by molar-refractivity contribution is -0.144. The lowest BCUT2D eigenvalue weighted by atomic mass is 10.2. The van der Waals surface area contributed by atoms with Crippen LogP contribution < -0.4 is 4.90 Å². The van der Waals surface area contributed by atoms with Gasteiger partial charge in [-0.05, 0) is 20.8 Å². The third-order valence-electron chi connectivity index (χ3n) is 4.31. The normalized spacial score (nSPS) is 22.1. The van der Waals surface area contributed by atoms with Crippen molar-refractivity contribution in [1.29, 1.82) is 0 Å². The number of likely N-dealkylation sites (N-methyl/N-ethyl adjacent to an activating group) is 1. The summed E-state index contributed by atoms with van der Waals surface area (Å²) in [6.07, 6.45) is -4.26. The fourth-order valence-corrected chi connectivity index (χ4v) is 3.23. The molecule has 3 rings (SSSR count). The van der Waals surface area contributed by atoms with Gasteiger partial charge in [0.05, 0.1) is 12.2 Å². The van der Waals surface area contributed by atoms with Crippen LogP contribution in [-0.2, 0) is 10.9 Å². The summed E-state index contributed by atoms with van der Waals surface area (Å²) in [7, 11) is 1.83. The molecule has 0 unspecified atom stereocenters. The first-order valence-corrected chi connectivity index (χ1v) is 8.54. The average Bonchev–Trinajstić information content (AvgIpc) is 2.95. The lowest BCUT2D eigenvalue weighted by Gasteiger charge is -2.36. The number of ether oxygens (including phenoxy) is 1. The molecule has 0 bridgehead atoms. The van der Waals surface area contributed by atoms with Gasteiger partial charge in [0.25, 0.3) is 11.6 Å². The molecule has 0 N–H and O–H groups in total. The smallest absolute Gasteiger partial charge is 0.373 e. The first kappa shape index (κ1) is 18.8. The third kappa shape index (κ3) is 4.07. The molecular weight excluding hydrogens is 349 g/mol. The number of anilines is 1. The summed E-state index contributed by atoms with van der Waals surface area (Å²) in [5, 5.41) is 3.61. The maximum absolute atomic E-state index is 12.9. The van der Waals surface area contributed by atoms with E-state index in [4.69, 9.17) is 4.74 Å². The summed E-state index contributed by atoms with van der Waals surface area (Å²) in [5.41, 5.74) is 0.592. The van der Waals surface area contributed by atoms with Gasteiger partial charge >= 0.3 is 6.18 Å². The molecule has 1 aliphatic heterocycles. The van der Waals surface area contributed by atoms with Crippen LogP contribution in [0, 0.1) is 6.92 Å². The van der Waals surface area contributed by atoms with E-state index in [2.05, 4.69) is 20.0 Å². The summed E-state index contributed by atoms with van der Waals surface area (Å²) in [5.74, 6) is -0.696. The summed E-state index contributed by atoms with van der Waals surface area (Å²) in [6, 6.07) is 1.71. The molecule has 0 radical (unpaired) electrons. The Balaban J connectivity index is 1.79. The van der Waals surface area contributed by atoms with Crippen molar-refractivity contribution in [2.45, 2.75) is 39.2 Å². The number of morpholine rings is 1. The standard InChI is InChI=1S/C16H23F3N6O/c1-10-7-13(25-15(20-10)21-14(22-25)16(17,18)19)23(4)5-6-24-8-11(2)26-12(3)9-24/h7,11-12H,5-6,8-9H2,1-4H3/t11-,12+. The number of rotatable bonds is 4. The highest BCUT2D eigenvalue weighted by Gasteiger charge is 2.37. The van der Waals surface area contributed by atoms with E-state index in [-0.39, 0.29) is 18.0 Å². The maximum atomic E-state index is 12.9. The predicted octanol–water partition coefficient (Wildman–Crippen LogP) is 2.00. The van der Waals surface area contributed by atoms with Gasteiger partial charge in [0.15, 0.2) is 0 Å². The largest absolute Gasteiger partial charge is 0.453 e. The Kier molecular flexibility index (Phi) is 5.07. The van der Waals surface area contributed by atoms with E-state index < -0.39 is 12.0 Å². The predicted molar refractivity (Wildman–Crippen MR) is 90.2 cm³/mol. The van der Waals surface area contributed by atoms with Gasteiger partial charge < -0.3 is 9.64 Å². The Morgan fingerprint density at radius 3 is 2.50 bits per heavy atom. The Morgan fingerprint density at radius 2 is 1.88 bits per heavy atom. The number of aryl methyl sites for hydroxylation is 1. The number of aromatic nitrogens is 4. The molecule has 0 aliphatic carbocycles. The number of nitrogens with zero attached hydrogens (tertiary/aromatic N) is 6. The first-order chi connectivity index (χ1) is 12.1. The van der Waals surface area contributed by atoms with Crippen LogP contribution in [0.15, 0.2) is 6.07 Å². The minimum Gasteiger partial charge on any atom is -0.373 e. The first-order valence-electron chi connectivity index (χ1n) is 8.54. The SMILES string of the molecule is Cc1cc(N(C)CCN2C[C@@H](C)O[C@@H](C)C2)n2nc(C(F)(F)F)nc2n1. The van der Waals surface area contributed by atoms with Gasteiger partial charge in [-0.25, -0.2) is 4.98 Å². The minimum absolute atomic E-state index is 0.0483. The molecule has 0 saturated carbocycles. The van der Waals surface area contributed by atoms with Crippen LogP contribution in [-0.4, -0.2) is 69.9 Å². The molecule has 10 heteroatoms. The zero-order valence-corrected chi connectivity index (χ0v) is 15.3. The van der Waals surface area contributed by atoms with Crippen LogP contribution in [0.3, 0.4) is 0 Å². The van der Waals surface area contributed by atoms with Crippen molar-refractivity contribution in [3.63, 3.8) is 0 Å². The Morgan fingerprint density at radius 1 is 1.23 bits per heavy atom. The molecule has 3 heterocycles. The van der Waals surface area contributed by atoms with E-state index in [1.807, 2.05) is 25.8 Å². The van der Waals surface area contributed by atoms with Crippen molar-refractivity contribution in [1.82, 2.24) is 24.5 Å². The van der Waals surface area contributed by atoms with Gasteiger partial charge in [-0.1, -0.05) is 0 Å². The number of fused-ring (bicyclic) bond motifs is 1. The molecular formula is C16H23F3N6O. The second kappa shape index (κ2) is 6.99. The summed E-state index contributed by atoms with van der Waals surface area (Å²) >= 11 is 0. The quantitative estimate of drug-likeness (QED) is 0.818. The molecule has 26 heavy (non-hydrogen) atoms. The van der Waals surface area contributed by atoms with Crippen molar-refractivity contribution >= 4 is 11.6 Å². The summed E-state index contributed by atoms with van der Waals surface area (Å²) < 4.78 is 45.7. The molecule has 1 aliphatic rings. The van der Waals surface area contributed by atoms with E-state index in [9.17, 15) is 13.2 Å². The van der Waals surface area contributed by atoms with Gasteiger partial charge in [0.1, 0.15) is 5.82 Å². The van der Waals surface area contributed by atoms with Gasteiger partial charge in [0.2, 0.25) is 0 Å². The highest BCUT2D eigenvalue weighted by Crippen LogP contribution is 2.27. The zero-order chi connectivity index (χ0) is 19.1. The monoisotopic (exact) mass is 372 g/mol. The molecule has 2 atom stereocenters. The molecule has 1 fully saturated rings. The second-order valence-corrected chi connectivity index (χ2v) is 6.84. The van der Waals surface area contributed by atoms with Crippen LogP contribution in [0.4, 0.5) is 19.0 Å². The molecule has 0 amide bonds. The number of hydrogen-bond donors (Lipinski definition) is 0. The Labute approximate surface area is 149 Å². The van der Waals surface area contributed by atoms with E-state index in [0.717, 1.165) is 24.1 Å². The van der Waals surface area contributed by atoms with Gasteiger partial charge in [-0.15, -0.1) is 5.10 Å². The van der Waals surface area contributed by atoms with Crippen LogP contribution in [0.5, 0.6) is 0 Å². The number of alkyl halides is 3. The van der Waals surface area contributed by atoms with Crippen molar-refractivity contribution < 1.29 is 17.9 Å². The summed E-state index contributed by atoms with van der Waals surface area (Å²) in [6.45, 7) is 8.89. The number of halogens is 3.